The maximum Gasteiger partial charge on any atom is 0.305 e. The SMILES string of the molecule is CCCCCCCC/C=C\CCCCCCCCCC(=O)OCCCCCCCC/C=C\C/C=C\CCC(=O)NC(CO)C(O)CCCCCCCCCCCC. The third kappa shape index (κ3) is 43.5. The van der Waals surface area contributed by atoms with E-state index >= 15 is 0 Å². The van der Waals surface area contributed by atoms with Crippen LogP contribution in [0.25, 0.3) is 0 Å². The second-order valence-electron chi connectivity index (χ2n) is 16.8. The molecule has 6 heteroatoms. The summed E-state index contributed by atoms with van der Waals surface area (Å²) in [5.41, 5.74) is 0. The van der Waals surface area contributed by atoms with E-state index in [1.807, 2.05) is 6.08 Å². The van der Waals surface area contributed by atoms with Gasteiger partial charge in [-0.05, 0) is 70.6 Å². The van der Waals surface area contributed by atoms with Crippen LogP contribution in [0.5, 0.6) is 0 Å². The van der Waals surface area contributed by atoms with Crippen molar-refractivity contribution in [3.8, 4) is 0 Å². The molecule has 3 N–H and O–H groups in total. The molecular weight excluding hydrogens is 707 g/mol. The average molecular weight is 802 g/mol. The van der Waals surface area contributed by atoms with E-state index in [2.05, 4.69) is 49.5 Å². The van der Waals surface area contributed by atoms with Crippen molar-refractivity contribution >= 4 is 11.9 Å². The summed E-state index contributed by atoms with van der Waals surface area (Å²) in [5.74, 6) is -0.140. The highest BCUT2D eigenvalue weighted by Crippen LogP contribution is 2.15. The summed E-state index contributed by atoms with van der Waals surface area (Å²) in [5, 5.41) is 23.0. The summed E-state index contributed by atoms with van der Waals surface area (Å²) in [6.45, 7) is 4.86. The zero-order valence-electron chi connectivity index (χ0n) is 37.8. The Balaban J connectivity index is 3.53. The minimum Gasteiger partial charge on any atom is -0.466 e. The van der Waals surface area contributed by atoms with Crippen LogP contribution < -0.4 is 5.32 Å². The molecule has 0 aliphatic carbocycles. The maximum atomic E-state index is 12.3. The molecule has 0 aromatic rings. The number of rotatable bonds is 45. The summed E-state index contributed by atoms with van der Waals surface area (Å²) in [7, 11) is 0. The van der Waals surface area contributed by atoms with E-state index < -0.39 is 12.1 Å². The predicted octanol–water partition coefficient (Wildman–Crippen LogP) is 14.5. The van der Waals surface area contributed by atoms with Crippen molar-refractivity contribution in [2.75, 3.05) is 13.2 Å². The fourth-order valence-electron chi connectivity index (χ4n) is 7.33. The van der Waals surface area contributed by atoms with Crippen LogP contribution in [0, 0.1) is 0 Å². The molecule has 57 heavy (non-hydrogen) atoms. The molecule has 0 saturated carbocycles. The Bertz CT molecular complexity index is 931. The van der Waals surface area contributed by atoms with Crippen molar-refractivity contribution in [1.82, 2.24) is 5.32 Å². The molecule has 0 fully saturated rings. The minimum atomic E-state index is -0.697. The van der Waals surface area contributed by atoms with E-state index in [0.717, 1.165) is 51.4 Å². The molecule has 0 aliphatic heterocycles. The van der Waals surface area contributed by atoms with Crippen LogP contribution in [-0.2, 0) is 14.3 Å². The Morgan fingerprint density at radius 1 is 0.491 bits per heavy atom. The molecule has 0 bridgehead atoms. The molecule has 0 aromatic heterocycles. The molecule has 1 amide bonds. The van der Waals surface area contributed by atoms with Crippen molar-refractivity contribution in [2.45, 2.75) is 264 Å². The maximum absolute atomic E-state index is 12.3. The fraction of sp³-hybridized carbons (Fsp3) is 0.843. The fourth-order valence-corrected chi connectivity index (χ4v) is 7.33. The summed E-state index contributed by atoms with van der Waals surface area (Å²) < 4.78 is 5.45. The van der Waals surface area contributed by atoms with Gasteiger partial charge in [0.15, 0.2) is 0 Å². The number of carbonyl (C=O) groups is 2. The molecule has 0 saturated heterocycles. The van der Waals surface area contributed by atoms with E-state index in [1.54, 1.807) is 0 Å². The number of carbonyl (C=O) groups excluding carboxylic acids is 2. The van der Waals surface area contributed by atoms with Crippen LogP contribution >= 0.6 is 0 Å². The van der Waals surface area contributed by atoms with Crippen LogP contribution in [0.4, 0.5) is 0 Å². The molecule has 0 heterocycles. The first-order chi connectivity index (χ1) is 28.0. The molecule has 0 radical (unpaired) electrons. The molecule has 2 atom stereocenters. The summed E-state index contributed by atoms with van der Waals surface area (Å²) >= 11 is 0. The molecule has 0 spiro atoms. The van der Waals surface area contributed by atoms with Gasteiger partial charge in [0, 0.05) is 12.8 Å². The topological polar surface area (TPSA) is 95.9 Å². The number of allylic oxidation sites excluding steroid dienone is 6. The van der Waals surface area contributed by atoms with Crippen molar-refractivity contribution in [1.29, 1.82) is 0 Å². The van der Waals surface area contributed by atoms with Gasteiger partial charge in [0.2, 0.25) is 5.91 Å². The van der Waals surface area contributed by atoms with E-state index in [0.29, 0.717) is 32.3 Å². The predicted molar refractivity (Wildman–Crippen MR) is 246 cm³/mol. The van der Waals surface area contributed by atoms with Gasteiger partial charge >= 0.3 is 5.97 Å². The Labute approximate surface area is 353 Å². The van der Waals surface area contributed by atoms with Crippen LogP contribution in [-0.4, -0.2) is 47.4 Å². The Hall–Kier alpha value is -1.92. The largest absolute Gasteiger partial charge is 0.466 e. The van der Waals surface area contributed by atoms with Gasteiger partial charge in [-0.3, -0.25) is 9.59 Å². The van der Waals surface area contributed by atoms with E-state index in [1.165, 1.54) is 161 Å². The molecular formula is C51H95NO5. The normalized spacial score (nSPS) is 13.0. The lowest BCUT2D eigenvalue weighted by molar-refractivity contribution is -0.143. The first kappa shape index (κ1) is 55.1. The van der Waals surface area contributed by atoms with E-state index in [9.17, 15) is 19.8 Å². The van der Waals surface area contributed by atoms with E-state index in [-0.39, 0.29) is 18.5 Å². The van der Waals surface area contributed by atoms with Crippen LogP contribution in [0.2, 0.25) is 0 Å². The molecule has 334 valence electrons. The van der Waals surface area contributed by atoms with Gasteiger partial charge < -0.3 is 20.3 Å². The van der Waals surface area contributed by atoms with Gasteiger partial charge in [-0.1, -0.05) is 204 Å². The first-order valence-corrected chi connectivity index (χ1v) is 24.7. The van der Waals surface area contributed by atoms with Gasteiger partial charge in [-0.25, -0.2) is 0 Å². The van der Waals surface area contributed by atoms with Crippen LogP contribution in [0.3, 0.4) is 0 Å². The third-order valence-corrected chi connectivity index (χ3v) is 11.2. The number of hydrogen-bond acceptors (Lipinski definition) is 5. The number of amides is 1. The van der Waals surface area contributed by atoms with Crippen molar-refractivity contribution < 1.29 is 24.5 Å². The summed E-state index contributed by atoms with van der Waals surface area (Å²) in [6, 6.07) is -0.584. The second-order valence-corrected chi connectivity index (χ2v) is 16.8. The standard InChI is InChI=1S/C51H95NO5/c1-3-5-7-9-11-13-15-16-17-18-19-22-25-29-33-37-41-45-51(56)57-46-42-38-34-30-26-23-20-21-24-28-32-36-40-44-50(55)52-48(47-53)49(54)43-39-35-31-27-14-12-10-8-6-4-2/h16-17,21,24,32,36,48-49,53-54H,3-15,18-20,22-23,25-31,33-35,37-47H2,1-2H3,(H,52,55)/b17-16-,24-21-,36-32-. The second kappa shape index (κ2) is 46.8. The quantitative estimate of drug-likeness (QED) is 0.0324. The van der Waals surface area contributed by atoms with Gasteiger partial charge in [0.05, 0.1) is 25.4 Å². The first-order valence-electron chi connectivity index (χ1n) is 24.7. The monoisotopic (exact) mass is 802 g/mol. The summed E-state index contributed by atoms with van der Waals surface area (Å²) in [6.07, 6.45) is 55.5. The van der Waals surface area contributed by atoms with E-state index in [4.69, 9.17) is 4.74 Å². The Morgan fingerprint density at radius 3 is 1.39 bits per heavy atom. The molecule has 6 nitrogen and oxygen atoms in total. The van der Waals surface area contributed by atoms with Crippen molar-refractivity contribution in [2.24, 2.45) is 0 Å². The van der Waals surface area contributed by atoms with Crippen molar-refractivity contribution in [3.63, 3.8) is 0 Å². The number of hydrogen-bond donors (Lipinski definition) is 3. The van der Waals surface area contributed by atoms with Crippen molar-refractivity contribution in [3.05, 3.63) is 36.5 Å². The third-order valence-electron chi connectivity index (χ3n) is 11.2. The Kier molecular flexibility index (Phi) is 45.2. The molecule has 0 rings (SSSR count). The number of aliphatic hydroxyl groups excluding tert-OH is 2. The zero-order valence-corrected chi connectivity index (χ0v) is 37.8. The van der Waals surface area contributed by atoms with Crippen LogP contribution in [0.15, 0.2) is 36.5 Å². The lowest BCUT2D eigenvalue weighted by atomic mass is 10.0. The van der Waals surface area contributed by atoms with Gasteiger partial charge in [-0.2, -0.15) is 0 Å². The smallest absolute Gasteiger partial charge is 0.305 e. The van der Waals surface area contributed by atoms with Gasteiger partial charge in [-0.15, -0.1) is 0 Å². The lowest BCUT2D eigenvalue weighted by Crippen LogP contribution is -2.45. The number of unbranched alkanes of at least 4 members (excludes halogenated alkanes) is 28. The molecule has 0 aromatic carbocycles. The Morgan fingerprint density at radius 2 is 0.895 bits per heavy atom. The number of ether oxygens (including phenoxy) is 1. The average Bonchev–Trinajstić information content (AvgIpc) is 3.21. The minimum absolute atomic E-state index is 0.0213. The number of esters is 1. The van der Waals surface area contributed by atoms with Gasteiger partial charge in [0.25, 0.3) is 0 Å². The molecule has 2 unspecified atom stereocenters. The van der Waals surface area contributed by atoms with Crippen LogP contribution in [0.1, 0.15) is 251 Å². The highest BCUT2D eigenvalue weighted by Gasteiger charge is 2.19. The zero-order chi connectivity index (χ0) is 41.5. The number of aliphatic hydroxyl groups is 2. The van der Waals surface area contributed by atoms with Gasteiger partial charge in [0.1, 0.15) is 0 Å². The number of nitrogens with one attached hydrogen (secondary N) is 1. The highest BCUT2D eigenvalue weighted by atomic mass is 16.5. The molecule has 0 aliphatic rings. The summed E-state index contributed by atoms with van der Waals surface area (Å²) in [4.78, 5) is 24.4. The lowest BCUT2D eigenvalue weighted by Gasteiger charge is -2.22. The highest BCUT2D eigenvalue weighted by molar-refractivity contribution is 5.76.